The zero-order chi connectivity index (χ0) is 8.48. The lowest BCUT2D eigenvalue weighted by molar-refractivity contribution is 0.523. The van der Waals surface area contributed by atoms with Crippen molar-refractivity contribution >= 4 is 0 Å². The molecule has 0 aliphatic heterocycles. The van der Waals surface area contributed by atoms with Gasteiger partial charge in [-0.2, -0.15) is 0 Å². The molecule has 0 aromatic heterocycles. The second kappa shape index (κ2) is 2.65. The molecular weight excluding hydrogens is 139 g/mol. The highest BCUT2D eigenvalue weighted by Crippen LogP contribution is 2.23. The molecule has 0 fully saturated rings. The molecule has 1 heteroatoms. The predicted octanol–water partition coefficient (Wildman–Crippen LogP) is 2.92. The van der Waals surface area contributed by atoms with Gasteiger partial charge in [-0.15, -0.1) is 0 Å². The second-order valence-corrected chi connectivity index (χ2v) is 3.66. The molecule has 1 aromatic rings. The van der Waals surface area contributed by atoms with E-state index < -0.39 is 0 Å². The molecular formula is C10H12F. The molecule has 1 rings (SSSR count). The Morgan fingerprint density at radius 1 is 1.36 bits per heavy atom. The third-order valence-electron chi connectivity index (χ3n) is 1.62. The van der Waals surface area contributed by atoms with E-state index in [1.54, 1.807) is 12.1 Å². The van der Waals surface area contributed by atoms with Gasteiger partial charge in [0.15, 0.2) is 0 Å². The summed E-state index contributed by atoms with van der Waals surface area (Å²) in [4.78, 5) is 0. The lowest BCUT2D eigenvalue weighted by Crippen LogP contribution is -2.13. The molecule has 0 N–H and O–H groups in total. The van der Waals surface area contributed by atoms with Gasteiger partial charge in [0.2, 0.25) is 0 Å². The van der Waals surface area contributed by atoms with Gasteiger partial charge in [-0.05, 0) is 29.2 Å². The van der Waals surface area contributed by atoms with Crippen LogP contribution in [-0.2, 0) is 5.41 Å². The van der Waals surface area contributed by atoms with Crippen molar-refractivity contribution in [2.75, 3.05) is 0 Å². The summed E-state index contributed by atoms with van der Waals surface area (Å²) in [5.41, 5.74) is 0.599. The quantitative estimate of drug-likeness (QED) is 0.534. The van der Waals surface area contributed by atoms with Crippen molar-refractivity contribution in [3.05, 3.63) is 35.6 Å². The van der Waals surface area contributed by atoms with Crippen LogP contribution in [0.25, 0.3) is 0 Å². The fraction of sp³-hybridized carbons (Fsp3) is 0.400. The Morgan fingerprint density at radius 3 is 2.36 bits per heavy atom. The maximum atomic E-state index is 13.1. The van der Waals surface area contributed by atoms with E-state index in [1.165, 1.54) is 6.07 Å². The zero-order valence-electron chi connectivity index (χ0n) is 7.11. The Bertz CT molecular complexity index is 245. The van der Waals surface area contributed by atoms with Crippen LogP contribution in [0.2, 0.25) is 0 Å². The summed E-state index contributed by atoms with van der Waals surface area (Å²) in [6, 6.07) is 7.60. The first-order chi connectivity index (χ1) is 5.02. The van der Waals surface area contributed by atoms with Crippen LogP contribution in [0.5, 0.6) is 0 Å². The Morgan fingerprint density at radius 2 is 2.00 bits per heavy atom. The maximum Gasteiger partial charge on any atom is 0.126 e. The topological polar surface area (TPSA) is 0 Å². The normalized spacial score (nSPS) is 11.6. The van der Waals surface area contributed by atoms with E-state index in [0.717, 1.165) is 5.56 Å². The smallest absolute Gasteiger partial charge is 0.126 e. The highest BCUT2D eigenvalue weighted by molar-refractivity contribution is 5.23. The van der Waals surface area contributed by atoms with E-state index in [9.17, 15) is 4.39 Å². The molecule has 0 spiro atoms. The van der Waals surface area contributed by atoms with Crippen molar-refractivity contribution in [2.24, 2.45) is 0 Å². The van der Waals surface area contributed by atoms with Crippen molar-refractivity contribution in [2.45, 2.75) is 26.2 Å². The SMILES string of the molecule is CC(C)(C)c1c[c]ccc1F. The number of halogens is 1. The lowest BCUT2D eigenvalue weighted by atomic mass is 9.87. The molecule has 0 aliphatic rings. The molecule has 0 amide bonds. The Labute approximate surface area is 67.1 Å². The molecule has 0 atom stereocenters. The van der Waals surface area contributed by atoms with Crippen molar-refractivity contribution in [3.8, 4) is 0 Å². The summed E-state index contributed by atoms with van der Waals surface area (Å²) < 4.78 is 13.1. The van der Waals surface area contributed by atoms with E-state index in [0.29, 0.717) is 0 Å². The maximum absolute atomic E-state index is 13.1. The van der Waals surface area contributed by atoms with Crippen LogP contribution in [0.4, 0.5) is 4.39 Å². The predicted molar refractivity (Wildman–Crippen MR) is 43.9 cm³/mol. The van der Waals surface area contributed by atoms with E-state index in [2.05, 4.69) is 6.07 Å². The zero-order valence-corrected chi connectivity index (χ0v) is 7.11. The van der Waals surface area contributed by atoms with Crippen LogP contribution in [0.3, 0.4) is 0 Å². The number of rotatable bonds is 0. The monoisotopic (exact) mass is 151 g/mol. The van der Waals surface area contributed by atoms with Gasteiger partial charge >= 0.3 is 0 Å². The summed E-state index contributed by atoms with van der Waals surface area (Å²) in [6.07, 6.45) is 0. The van der Waals surface area contributed by atoms with Gasteiger partial charge < -0.3 is 0 Å². The largest absolute Gasteiger partial charge is 0.207 e. The fourth-order valence-corrected chi connectivity index (χ4v) is 0.986. The highest BCUT2D eigenvalue weighted by atomic mass is 19.1. The van der Waals surface area contributed by atoms with Gasteiger partial charge in [-0.1, -0.05) is 26.8 Å². The average molecular weight is 151 g/mol. The van der Waals surface area contributed by atoms with Crippen molar-refractivity contribution in [3.63, 3.8) is 0 Å². The summed E-state index contributed by atoms with van der Waals surface area (Å²) in [5.74, 6) is -0.142. The van der Waals surface area contributed by atoms with Gasteiger partial charge in [-0.3, -0.25) is 0 Å². The first-order valence-electron chi connectivity index (χ1n) is 3.68. The Hall–Kier alpha value is -0.850. The van der Waals surface area contributed by atoms with Crippen LogP contribution in [-0.4, -0.2) is 0 Å². The standard InChI is InChI=1S/C10H12F/c1-10(2,3)8-6-4-5-7-9(8)11/h5-7H,1-3H3. The van der Waals surface area contributed by atoms with Crippen LogP contribution in [0.1, 0.15) is 26.3 Å². The van der Waals surface area contributed by atoms with Gasteiger partial charge in [0.1, 0.15) is 5.82 Å². The number of hydrogen-bond donors (Lipinski definition) is 0. The van der Waals surface area contributed by atoms with Gasteiger partial charge in [-0.25, -0.2) is 4.39 Å². The van der Waals surface area contributed by atoms with Crippen molar-refractivity contribution in [1.29, 1.82) is 0 Å². The first kappa shape index (κ1) is 8.25. The minimum Gasteiger partial charge on any atom is -0.207 e. The first-order valence-corrected chi connectivity index (χ1v) is 3.68. The van der Waals surface area contributed by atoms with Crippen LogP contribution >= 0.6 is 0 Å². The Balaban J connectivity index is 3.14. The van der Waals surface area contributed by atoms with Crippen molar-refractivity contribution in [1.82, 2.24) is 0 Å². The number of hydrogen-bond acceptors (Lipinski definition) is 0. The van der Waals surface area contributed by atoms with Crippen LogP contribution in [0.15, 0.2) is 18.2 Å². The third kappa shape index (κ3) is 1.79. The summed E-state index contributed by atoms with van der Waals surface area (Å²) in [5, 5.41) is 0. The van der Waals surface area contributed by atoms with E-state index >= 15 is 0 Å². The summed E-state index contributed by atoms with van der Waals surface area (Å²) in [6.45, 7) is 5.96. The number of benzene rings is 1. The molecule has 1 radical (unpaired) electrons. The fourth-order valence-electron chi connectivity index (χ4n) is 0.986. The van der Waals surface area contributed by atoms with E-state index in [-0.39, 0.29) is 11.2 Å². The van der Waals surface area contributed by atoms with Crippen molar-refractivity contribution < 1.29 is 4.39 Å². The summed E-state index contributed by atoms with van der Waals surface area (Å²) >= 11 is 0. The lowest BCUT2D eigenvalue weighted by Gasteiger charge is -2.18. The van der Waals surface area contributed by atoms with Gasteiger partial charge in [0.25, 0.3) is 0 Å². The van der Waals surface area contributed by atoms with Gasteiger partial charge in [0.05, 0.1) is 0 Å². The third-order valence-corrected chi connectivity index (χ3v) is 1.62. The van der Waals surface area contributed by atoms with Crippen LogP contribution in [0, 0.1) is 11.9 Å². The highest BCUT2D eigenvalue weighted by Gasteiger charge is 2.16. The molecule has 0 unspecified atom stereocenters. The molecule has 0 nitrogen and oxygen atoms in total. The summed E-state index contributed by atoms with van der Waals surface area (Å²) in [7, 11) is 0. The molecule has 0 aliphatic carbocycles. The second-order valence-electron chi connectivity index (χ2n) is 3.66. The molecule has 11 heavy (non-hydrogen) atoms. The minimum atomic E-state index is -0.142. The molecule has 0 heterocycles. The molecule has 59 valence electrons. The molecule has 0 bridgehead atoms. The molecule has 1 aromatic carbocycles. The Kier molecular flexibility index (Phi) is 1.99. The van der Waals surface area contributed by atoms with Gasteiger partial charge in [0, 0.05) is 0 Å². The molecule has 0 saturated heterocycles. The molecule has 0 saturated carbocycles. The minimum absolute atomic E-state index is 0.123. The van der Waals surface area contributed by atoms with E-state index in [1.807, 2.05) is 20.8 Å². The van der Waals surface area contributed by atoms with Crippen LogP contribution < -0.4 is 0 Å². The van der Waals surface area contributed by atoms with E-state index in [4.69, 9.17) is 0 Å². The average Bonchev–Trinajstić information content (AvgIpc) is 1.86.